The van der Waals surface area contributed by atoms with Gasteiger partial charge in [-0.1, -0.05) is 20.0 Å². The minimum atomic E-state index is 0.653. The van der Waals surface area contributed by atoms with Crippen molar-refractivity contribution >= 4 is 0 Å². The van der Waals surface area contributed by atoms with Crippen LogP contribution in [0, 0.1) is 0 Å². The summed E-state index contributed by atoms with van der Waals surface area (Å²) in [4.78, 5) is 0.653. The van der Waals surface area contributed by atoms with Gasteiger partial charge in [0.15, 0.2) is 0 Å². The predicted molar refractivity (Wildman–Crippen MR) is 73.5 cm³/mol. The second kappa shape index (κ2) is 7.28. The minimum absolute atomic E-state index is 0.653. The first-order chi connectivity index (χ1) is 7.93. The first-order valence-electron chi connectivity index (χ1n) is 6.68. The smallest absolute Gasteiger partial charge is 0.0508 e. The van der Waals surface area contributed by atoms with E-state index < -0.39 is 0 Å². The van der Waals surface area contributed by atoms with E-state index in [2.05, 4.69) is 75.9 Å². The van der Waals surface area contributed by atoms with E-state index in [1.54, 1.807) is 0 Å². The van der Waals surface area contributed by atoms with Gasteiger partial charge in [-0.05, 0) is 32.6 Å². The molecule has 0 aliphatic rings. The Hall–Kier alpha value is -0.200. The highest BCUT2D eigenvalue weighted by Crippen LogP contribution is 2.21. The average molecular weight is 246 g/mol. The van der Waals surface area contributed by atoms with E-state index >= 15 is 0 Å². The van der Waals surface area contributed by atoms with Gasteiger partial charge in [0, 0.05) is 28.2 Å². The molecule has 0 bridgehead atoms. The molecule has 0 heterocycles. The second-order valence-electron chi connectivity index (χ2n) is 4.43. The zero-order chi connectivity index (χ0) is 13.6. The third kappa shape index (κ3) is 2.98. The maximum Gasteiger partial charge on any atom is 0.0508 e. The van der Waals surface area contributed by atoms with Crippen LogP contribution < -0.4 is 0 Å². The maximum absolute atomic E-state index is 2.34. The van der Waals surface area contributed by atoms with E-state index in [1.807, 2.05) is 0 Å². The Morgan fingerprint density at radius 3 is 0.824 bits per heavy atom. The van der Waals surface area contributed by atoms with Gasteiger partial charge in [0.2, 0.25) is 0 Å². The Labute approximate surface area is 108 Å². The van der Waals surface area contributed by atoms with Crippen molar-refractivity contribution in [2.75, 3.05) is 54.4 Å². The maximum atomic E-state index is 2.34. The van der Waals surface area contributed by atoms with Crippen LogP contribution in [0.15, 0.2) is 0 Å². The van der Waals surface area contributed by atoms with Gasteiger partial charge in [0.25, 0.3) is 0 Å². The van der Waals surface area contributed by atoms with Crippen LogP contribution in [0.25, 0.3) is 0 Å². The average Bonchev–Trinajstić information content (AvgIpc) is 2.37. The summed E-state index contributed by atoms with van der Waals surface area (Å²) >= 11 is 0. The molecule has 0 saturated carbocycles. The van der Waals surface area contributed by atoms with Crippen LogP contribution in [0.2, 0.25) is 0 Å². The highest BCUT2D eigenvalue weighted by atomic mass is 16.3. The topological polar surface area (TPSA) is 13.0 Å². The first kappa shape index (κ1) is 16.8. The summed E-state index contributed by atoms with van der Waals surface area (Å²) in [5.74, 6) is 0. The van der Waals surface area contributed by atoms with Crippen LogP contribution in [-0.4, -0.2) is 79.3 Å². The molecule has 0 radical (unpaired) electrons. The van der Waals surface area contributed by atoms with Gasteiger partial charge < -0.3 is 0 Å². The standard InChI is InChI=1S/C12H32N5/c1-9-13(5)17(14(6)10-2,15(7)11-3)16(8)12-4/h9-12H2,1-8H3/q+1. The highest BCUT2D eigenvalue weighted by Gasteiger charge is 2.45. The fourth-order valence-corrected chi connectivity index (χ4v) is 2.32. The molecule has 0 aliphatic heterocycles. The van der Waals surface area contributed by atoms with Crippen molar-refractivity contribution < 1.29 is 4.92 Å². The Morgan fingerprint density at radius 2 is 0.706 bits per heavy atom. The molecule has 0 aliphatic carbocycles. The van der Waals surface area contributed by atoms with Crippen molar-refractivity contribution in [1.82, 2.24) is 20.0 Å². The molecule has 0 aromatic carbocycles. The van der Waals surface area contributed by atoms with E-state index in [1.165, 1.54) is 0 Å². The number of hydrogen-bond donors (Lipinski definition) is 0. The van der Waals surface area contributed by atoms with Crippen LogP contribution in [0.3, 0.4) is 0 Å². The van der Waals surface area contributed by atoms with Crippen LogP contribution in [0.5, 0.6) is 0 Å². The van der Waals surface area contributed by atoms with Crippen molar-refractivity contribution in [2.45, 2.75) is 27.7 Å². The van der Waals surface area contributed by atoms with Gasteiger partial charge in [-0.15, -0.1) is 0 Å². The summed E-state index contributed by atoms with van der Waals surface area (Å²) in [7, 11) is 8.68. The molecule has 0 fully saturated rings. The summed E-state index contributed by atoms with van der Waals surface area (Å²) in [6.45, 7) is 12.8. The number of quaternary nitrogens is 1. The Bertz CT molecular complexity index is 164. The monoisotopic (exact) mass is 246 g/mol. The van der Waals surface area contributed by atoms with Crippen LogP contribution in [0.4, 0.5) is 0 Å². The molecule has 0 atom stereocenters. The van der Waals surface area contributed by atoms with E-state index in [4.69, 9.17) is 0 Å². The van der Waals surface area contributed by atoms with Gasteiger partial charge in [-0.25, -0.2) is 0 Å². The lowest BCUT2D eigenvalue weighted by molar-refractivity contribution is -1.28. The fourth-order valence-electron chi connectivity index (χ4n) is 2.32. The number of nitrogens with zero attached hydrogens (tertiary/aromatic N) is 5. The van der Waals surface area contributed by atoms with Gasteiger partial charge in [0.05, 0.1) is 26.2 Å². The summed E-state index contributed by atoms with van der Waals surface area (Å²) in [6.07, 6.45) is 0. The van der Waals surface area contributed by atoms with E-state index in [0.717, 1.165) is 26.2 Å². The lowest BCUT2D eigenvalue weighted by Crippen LogP contribution is -2.79. The van der Waals surface area contributed by atoms with Crippen molar-refractivity contribution in [3.05, 3.63) is 0 Å². The molecule has 104 valence electrons. The fraction of sp³-hybridized carbons (Fsp3) is 1.00. The molecule has 5 nitrogen and oxygen atoms in total. The molecule has 0 rings (SSSR count). The molecule has 0 unspecified atom stereocenters. The normalized spacial score (nSPS) is 13.4. The van der Waals surface area contributed by atoms with E-state index in [9.17, 15) is 0 Å². The Morgan fingerprint density at radius 1 is 0.529 bits per heavy atom. The third-order valence-electron chi connectivity index (χ3n) is 3.66. The molecule has 0 aromatic heterocycles. The second-order valence-corrected chi connectivity index (χ2v) is 4.43. The zero-order valence-corrected chi connectivity index (χ0v) is 13.1. The SMILES string of the molecule is CCN(C)[N+](N(C)CC)(N(C)CC)N(C)CC. The summed E-state index contributed by atoms with van der Waals surface area (Å²) in [5.41, 5.74) is 0. The molecular formula is C12H32N5+. The van der Waals surface area contributed by atoms with Crippen molar-refractivity contribution in [2.24, 2.45) is 0 Å². The van der Waals surface area contributed by atoms with Gasteiger partial charge in [-0.2, -0.15) is 0 Å². The molecule has 0 spiro atoms. The molecule has 5 heteroatoms. The Kier molecular flexibility index (Phi) is 7.20. The third-order valence-corrected chi connectivity index (χ3v) is 3.66. The molecule has 0 N–H and O–H groups in total. The highest BCUT2D eigenvalue weighted by molar-refractivity contribution is 4.38. The molecule has 0 saturated heterocycles. The summed E-state index contributed by atoms with van der Waals surface area (Å²) < 4.78 is 0. The quantitative estimate of drug-likeness (QED) is 0.472. The molecule has 0 amide bonds. The van der Waals surface area contributed by atoms with Crippen LogP contribution in [-0.2, 0) is 0 Å². The van der Waals surface area contributed by atoms with Gasteiger partial charge in [-0.3, -0.25) is 0 Å². The number of hydrogen-bond acceptors (Lipinski definition) is 4. The minimum Gasteiger partial charge on any atom is -0.0992 e. The molecule has 0 aromatic rings. The van der Waals surface area contributed by atoms with E-state index in [0.29, 0.717) is 4.92 Å². The molecular weight excluding hydrogens is 214 g/mol. The van der Waals surface area contributed by atoms with Crippen molar-refractivity contribution in [1.29, 1.82) is 0 Å². The van der Waals surface area contributed by atoms with Crippen LogP contribution >= 0.6 is 0 Å². The molecule has 17 heavy (non-hydrogen) atoms. The summed E-state index contributed by atoms with van der Waals surface area (Å²) in [5, 5.41) is 9.38. The summed E-state index contributed by atoms with van der Waals surface area (Å²) in [6, 6.07) is 0. The van der Waals surface area contributed by atoms with Crippen molar-refractivity contribution in [3.8, 4) is 0 Å². The Balaban J connectivity index is 5.51. The lowest BCUT2D eigenvalue weighted by Gasteiger charge is -2.53. The largest absolute Gasteiger partial charge is 0.0992 e. The predicted octanol–water partition coefficient (Wildman–Crippen LogP) is 1.27. The lowest BCUT2D eigenvalue weighted by atomic mass is 10.6. The number of rotatable bonds is 8. The zero-order valence-electron chi connectivity index (χ0n) is 13.1. The van der Waals surface area contributed by atoms with Crippen LogP contribution in [0.1, 0.15) is 27.7 Å². The van der Waals surface area contributed by atoms with E-state index in [-0.39, 0.29) is 0 Å². The van der Waals surface area contributed by atoms with Gasteiger partial charge in [0.1, 0.15) is 0 Å². The van der Waals surface area contributed by atoms with Gasteiger partial charge >= 0.3 is 0 Å². The van der Waals surface area contributed by atoms with Crippen molar-refractivity contribution in [3.63, 3.8) is 0 Å². The first-order valence-corrected chi connectivity index (χ1v) is 6.68.